The molecule has 1 aliphatic heterocycles. The second-order valence-corrected chi connectivity index (χ2v) is 5.03. The Morgan fingerprint density at radius 2 is 1.80 bits per heavy atom. The van der Waals surface area contributed by atoms with Crippen molar-refractivity contribution in [2.45, 2.75) is 12.8 Å². The number of carbonyl (C=O) groups is 1. The number of hydrogen-bond donors (Lipinski definition) is 0. The maximum Gasteiger partial charge on any atom is 0.247 e. The third-order valence-corrected chi connectivity index (χ3v) is 3.43. The topological polar surface area (TPSA) is 32.7 Å². The van der Waals surface area contributed by atoms with Crippen LogP contribution >= 0.6 is 11.6 Å². The van der Waals surface area contributed by atoms with Gasteiger partial charge in [-0.3, -0.25) is 4.79 Å². The van der Waals surface area contributed by atoms with E-state index in [2.05, 4.69) is 5.10 Å². The molecule has 0 bridgehead atoms. The molecule has 1 amide bonds. The largest absolute Gasteiger partial charge is 0.273 e. The lowest BCUT2D eigenvalue weighted by Gasteiger charge is -2.23. The van der Waals surface area contributed by atoms with Crippen LogP contribution in [0.2, 0.25) is 5.02 Å². The zero-order valence-electron chi connectivity index (χ0n) is 10.8. The molecule has 2 aromatic carbocycles. The van der Waals surface area contributed by atoms with Crippen molar-refractivity contribution >= 4 is 28.9 Å². The molecule has 1 aliphatic rings. The van der Waals surface area contributed by atoms with E-state index in [1.54, 1.807) is 12.1 Å². The highest BCUT2D eigenvalue weighted by Gasteiger charge is 2.22. The van der Waals surface area contributed by atoms with Gasteiger partial charge in [0, 0.05) is 17.9 Å². The number of benzene rings is 2. The molecule has 3 nitrogen and oxygen atoms in total. The Morgan fingerprint density at radius 3 is 2.55 bits per heavy atom. The van der Waals surface area contributed by atoms with E-state index in [0.717, 1.165) is 11.3 Å². The van der Waals surface area contributed by atoms with E-state index in [-0.39, 0.29) is 5.91 Å². The molecular formula is C16H13ClN2O. The minimum atomic E-state index is -0.00746. The summed E-state index contributed by atoms with van der Waals surface area (Å²) < 4.78 is 0. The van der Waals surface area contributed by atoms with E-state index in [1.807, 2.05) is 42.5 Å². The molecule has 4 heteroatoms. The Kier molecular flexibility index (Phi) is 3.52. The number of carbonyl (C=O) groups excluding carboxylic acids is 1. The lowest BCUT2D eigenvalue weighted by atomic mass is 10.0. The first-order valence-corrected chi connectivity index (χ1v) is 6.83. The standard InChI is InChI=1S/C16H13ClN2O/c17-13-7-4-8-14(11-13)19-16(20)10-9-15(18-19)12-5-2-1-3-6-12/h1-8,11H,9-10H2. The van der Waals surface area contributed by atoms with Gasteiger partial charge >= 0.3 is 0 Å². The van der Waals surface area contributed by atoms with Crippen LogP contribution in [0.4, 0.5) is 5.69 Å². The van der Waals surface area contributed by atoms with Crippen molar-refractivity contribution in [3.63, 3.8) is 0 Å². The van der Waals surface area contributed by atoms with Gasteiger partial charge in [0.25, 0.3) is 0 Å². The van der Waals surface area contributed by atoms with E-state index < -0.39 is 0 Å². The second kappa shape index (κ2) is 5.47. The number of halogens is 1. The fraction of sp³-hybridized carbons (Fsp3) is 0.125. The maximum atomic E-state index is 12.1. The highest BCUT2D eigenvalue weighted by Crippen LogP contribution is 2.24. The zero-order chi connectivity index (χ0) is 13.9. The molecule has 0 N–H and O–H groups in total. The molecule has 0 atom stereocenters. The minimum Gasteiger partial charge on any atom is -0.273 e. The normalized spacial score (nSPS) is 15.2. The summed E-state index contributed by atoms with van der Waals surface area (Å²) in [5, 5.41) is 6.52. The summed E-state index contributed by atoms with van der Waals surface area (Å²) in [6, 6.07) is 17.1. The van der Waals surface area contributed by atoms with Gasteiger partial charge < -0.3 is 0 Å². The van der Waals surface area contributed by atoms with E-state index in [9.17, 15) is 4.79 Å². The molecule has 0 saturated carbocycles. The van der Waals surface area contributed by atoms with E-state index >= 15 is 0 Å². The van der Waals surface area contributed by atoms with Crippen molar-refractivity contribution < 1.29 is 4.79 Å². The summed E-state index contributed by atoms with van der Waals surface area (Å²) in [5.74, 6) is -0.00746. The molecule has 0 radical (unpaired) electrons. The lowest BCUT2D eigenvalue weighted by molar-refractivity contribution is -0.118. The number of nitrogens with zero attached hydrogens (tertiary/aromatic N) is 2. The van der Waals surface area contributed by atoms with Crippen LogP contribution in [0.1, 0.15) is 18.4 Å². The zero-order valence-corrected chi connectivity index (χ0v) is 11.5. The van der Waals surface area contributed by atoms with Crippen molar-refractivity contribution in [2.24, 2.45) is 5.10 Å². The van der Waals surface area contributed by atoms with Gasteiger partial charge in [-0.25, -0.2) is 5.01 Å². The number of amides is 1. The number of hydrogen-bond acceptors (Lipinski definition) is 2. The summed E-state index contributed by atoms with van der Waals surface area (Å²) in [6.45, 7) is 0. The molecule has 100 valence electrons. The van der Waals surface area contributed by atoms with Crippen LogP contribution in [0.25, 0.3) is 0 Å². The van der Waals surface area contributed by atoms with Crippen LogP contribution in [0.5, 0.6) is 0 Å². The second-order valence-electron chi connectivity index (χ2n) is 4.60. The van der Waals surface area contributed by atoms with Crippen LogP contribution < -0.4 is 5.01 Å². The van der Waals surface area contributed by atoms with E-state index in [1.165, 1.54) is 5.01 Å². The smallest absolute Gasteiger partial charge is 0.247 e. The van der Waals surface area contributed by atoms with Crippen LogP contribution in [0.15, 0.2) is 59.7 Å². The Balaban J connectivity index is 1.99. The predicted molar refractivity (Wildman–Crippen MR) is 81.2 cm³/mol. The van der Waals surface area contributed by atoms with Gasteiger partial charge in [0.1, 0.15) is 0 Å². The summed E-state index contributed by atoms with van der Waals surface area (Å²) in [4.78, 5) is 12.1. The van der Waals surface area contributed by atoms with Gasteiger partial charge in [0.15, 0.2) is 0 Å². The van der Waals surface area contributed by atoms with Crippen molar-refractivity contribution in [1.82, 2.24) is 0 Å². The Labute approximate surface area is 122 Å². The number of anilines is 1. The van der Waals surface area contributed by atoms with E-state index in [0.29, 0.717) is 23.6 Å². The van der Waals surface area contributed by atoms with Crippen molar-refractivity contribution in [1.29, 1.82) is 0 Å². The molecule has 0 aromatic heterocycles. The van der Waals surface area contributed by atoms with Gasteiger partial charge in [-0.05, 0) is 23.8 Å². The minimum absolute atomic E-state index is 0.00746. The van der Waals surface area contributed by atoms with Crippen LogP contribution in [-0.2, 0) is 4.79 Å². The molecule has 2 aromatic rings. The molecule has 20 heavy (non-hydrogen) atoms. The Bertz CT molecular complexity index is 667. The quantitative estimate of drug-likeness (QED) is 0.824. The van der Waals surface area contributed by atoms with Crippen molar-refractivity contribution in [2.75, 3.05) is 5.01 Å². The fourth-order valence-electron chi connectivity index (χ4n) is 2.20. The first kappa shape index (κ1) is 12.9. The van der Waals surface area contributed by atoms with Crippen LogP contribution in [0.3, 0.4) is 0 Å². The fourth-order valence-corrected chi connectivity index (χ4v) is 2.38. The highest BCUT2D eigenvalue weighted by atomic mass is 35.5. The van der Waals surface area contributed by atoms with Crippen molar-refractivity contribution in [3.8, 4) is 0 Å². The summed E-state index contributed by atoms with van der Waals surface area (Å²) in [7, 11) is 0. The Morgan fingerprint density at radius 1 is 1.00 bits per heavy atom. The van der Waals surface area contributed by atoms with Crippen LogP contribution in [-0.4, -0.2) is 11.6 Å². The lowest BCUT2D eigenvalue weighted by Crippen LogP contribution is -2.31. The highest BCUT2D eigenvalue weighted by molar-refractivity contribution is 6.31. The third-order valence-electron chi connectivity index (χ3n) is 3.19. The Hall–Kier alpha value is -2.13. The maximum absolute atomic E-state index is 12.1. The molecule has 0 aliphatic carbocycles. The molecule has 1 heterocycles. The van der Waals surface area contributed by atoms with Gasteiger partial charge in [-0.15, -0.1) is 0 Å². The first-order chi connectivity index (χ1) is 9.74. The molecule has 0 unspecified atom stereocenters. The summed E-state index contributed by atoms with van der Waals surface area (Å²) >= 11 is 5.98. The van der Waals surface area contributed by atoms with E-state index in [4.69, 9.17) is 11.6 Å². The summed E-state index contributed by atoms with van der Waals surface area (Å²) in [5.41, 5.74) is 2.67. The molecule has 0 spiro atoms. The monoisotopic (exact) mass is 284 g/mol. The first-order valence-electron chi connectivity index (χ1n) is 6.45. The average molecular weight is 285 g/mol. The number of rotatable bonds is 2. The molecule has 0 saturated heterocycles. The SMILES string of the molecule is O=C1CCC(c2ccccc2)=NN1c1cccc(Cl)c1. The third kappa shape index (κ3) is 2.58. The molecular weight excluding hydrogens is 272 g/mol. The summed E-state index contributed by atoms with van der Waals surface area (Å²) in [6.07, 6.45) is 1.13. The molecule has 3 rings (SSSR count). The molecule has 0 fully saturated rings. The average Bonchev–Trinajstić information content (AvgIpc) is 2.48. The van der Waals surface area contributed by atoms with Crippen molar-refractivity contribution in [3.05, 3.63) is 65.2 Å². The van der Waals surface area contributed by atoms with Gasteiger partial charge in [0.05, 0.1) is 11.4 Å². The van der Waals surface area contributed by atoms with Gasteiger partial charge in [-0.2, -0.15) is 5.10 Å². The number of hydrazone groups is 1. The van der Waals surface area contributed by atoms with Gasteiger partial charge in [-0.1, -0.05) is 48.0 Å². The van der Waals surface area contributed by atoms with Crippen LogP contribution in [0, 0.1) is 0 Å². The van der Waals surface area contributed by atoms with Gasteiger partial charge in [0.2, 0.25) is 5.91 Å². The predicted octanol–water partition coefficient (Wildman–Crippen LogP) is 3.87.